The molecule has 9 rings (SSSR count). The van der Waals surface area contributed by atoms with Crippen molar-refractivity contribution in [3.05, 3.63) is 121 Å². The minimum absolute atomic E-state index is 0.0139. The molecule has 0 saturated carbocycles. The Kier molecular flexibility index (Phi) is 3.57. The number of thiophene rings is 1. The van der Waals surface area contributed by atoms with Crippen molar-refractivity contribution in [1.29, 1.82) is 0 Å². The molecular formula is C35H20N4S. The van der Waals surface area contributed by atoms with Crippen molar-refractivity contribution < 1.29 is 6.85 Å². The van der Waals surface area contributed by atoms with Crippen LogP contribution in [0.2, 0.25) is 0 Å². The van der Waals surface area contributed by atoms with Crippen LogP contribution in [-0.2, 0) is 0 Å². The number of fused-ring (bicyclic) bond motifs is 11. The fourth-order valence-corrected chi connectivity index (χ4v) is 7.18. The number of rotatable bonds is 2. The Morgan fingerprint density at radius 1 is 0.650 bits per heavy atom. The third kappa shape index (κ3) is 2.92. The van der Waals surface area contributed by atoms with Crippen LogP contribution in [0.15, 0.2) is 121 Å². The number of benzene rings is 5. The molecule has 0 aliphatic heterocycles. The second kappa shape index (κ2) is 8.18. The first-order valence-corrected chi connectivity index (χ1v) is 13.7. The number of para-hydroxylation sites is 1. The van der Waals surface area contributed by atoms with Crippen LogP contribution in [0.3, 0.4) is 0 Å². The molecule has 4 aromatic heterocycles. The average molecular weight is 534 g/mol. The minimum atomic E-state index is -0.452. The van der Waals surface area contributed by atoms with Crippen molar-refractivity contribution in [2.45, 2.75) is 0 Å². The van der Waals surface area contributed by atoms with Crippen molar-refractivity contribution in [3.8, 4) is 17.2 Å². The lowest BCUT2D eigenvalue weighted by molar-refractivity contribution is 1.01. The van der Waals surface area contributed by atoms with Gasteiger partial charge in [-0.2, -0.15) is 4.98 Å². The van der Waals surface area contributed by atoms with Gasteiger partial charge in [-0.15, -0.1) is 11.3 Å². The van der Waals surface area contributed by atoms with E-state index in [4.69, 9.17) is 16.8 Å². The van der Waals surface area contributed by atoms with E-state index in [1.54, 1.807) is 29.7 Å². The van der Waals surface area contributed by atoms with E-state index in [9.17, 15) is 0 Å². The third-order valence-corrected chi connectivity index (χ3v) is 8.75. The van der Waals surface area contributed by atoms with Crippen molar-refractivity contribution >= 4 is 75.1 Å². The second-order valence-electron chi connectivity index (χ2n) is 9.67. The summed E-state index contributed by atoms with van der Waals surface area (Å²) in [5.74, 6) is 0.307. The van der Waals surface area contributed by atoms with Crippen LogP contribution < -0.4 is 0 Å². The molecule has 40 heavy (non-hydrogen) atoms. The maximum atomic E-state index is 8.76. The van der Waals surface area contributed by atoms with E-state index in [0.717, 1.165) is 42.7 Å². The van der Waals surface area contributed by atoms with Crippen LogP contribution in [-0.4, -0.2) is 19.5 Å². The predicted molar refractivity (Wildman–Crippen MR) is 168 cm³/mol. The zero-order valence-electron chi connectivity index (χ0n) is 25.9. The molecule has 0 unspecified atom stereocenters. The zero-order chi connectivity index (χ0) is 30.6. The molecule has 0 aliphatic carbocycles. The van der Waals surface area contributed by atoms with Gasteiger partial charge in [0.1, 0.15) is 0 Å². The molecule has 186 valence electrons. The number of hydrogen-bond donors (Lipinski definition) is 0. The Hall–Kier alpha value is -5.13. The van der Waals surface area contributed by atoms with E-state index in [1.807, 2.05) is 22.8 Å². The maximum Gasteiger partial charge on any atom is 0.237 e. The normalized spacial score (nSPS) is 13.8. The standard InChI is InChI=1S/C35H20N4S/c1-2-11-21(12-3-1)31-26-17-10-20-36-34(26)38-35(37-31)39-27-18-8-6-15-24(27)29-22-13-4-5-14-23(22)33-30(32(29)39)25-16-7-9-19-28(25)40-33/h1-20H/i1D,2D,3D,11D,12D. The summed E-state index contributed by atoms with van der Waals surface area (Å²) in [6.45, 7) is 0. The molecule has 4 nitrogen and oxygen atoms in total. The highest BCUT2D eigenvalue weighted by Crippen LogP contribution is 2.47. The molecule has 0 bridgehead atoms. The molecule has 0 radical (unpaired) electrons. The number of nitrogens with zero attached hydrogens (tertiary/aromatic N) is 4. The first-order valence-electron chi connectivity index (χ1n) is 15.4. The van der Waals surface area contributed by atoms with Crippen LogP contribution in [0.25, 0.3) is 81.0 Å². The van der Waals surface area contributed by atoms with Gasteiger partial charge >= 0.3 is 0 Å². The first-order chi connectivity index (χ1) is 21.9. The molecule has 0 atom stereocenters. The SMILES string of the molecule is [2H]c1c([2H])c([2H])c(-c2nc(-n3c4ccccc4c4c5ccccc5c5sc6ccccc6c5c43)nc3ncccc23)c([2H])c1[2H]. The molecule has 0 saturated heterocycles. The van der Waals surface area contributed by atoms with E-state index in [1.165, 1.54) is 10.1 Å². The van der Waals surface area contributed by atoms with Gasteiger partial charge in [0.25, 0.3) is 0 Å². The second-order valence-corrected chi connectivity index (χ2v) is 10.7. The van der Waals surface area contributed by atoms with Gasteiger partial charge in [-0.05, 0) is 29.7 Å². The first kappa shape index (κ1) is 17.5. The van der Waals surface area contributed by atoms with Gasteiger partial charge in [-0.3, -0.25) is 4.57 Å². The largest absolute Gasteiger partial charge is 0.277 e. The number of hydrogen-bond acceptors (Lipinski definition) is 4. The topological polar surface area (TPSA) is 43.6 Å². The molecule has 0 spiro atoms. The Bertz CT molecular complexity index is 2700. The Labute approximate surface area is 239 Å². The van der Waals surface area contributed by atoms with Crippen molar-refractivity contribution in [1.82, 2.24) is 19.5 Å². The summed E-state index contributed by atoms with van der Waals surface area (Å²) < 4.78 is 46.8. The quantitative estimate of drug-likeness (QED) is 0.222. The van der Waals surface area contributed by atoms with E-state index in [-0.39, 0.29) is 23.3 Å². The van der Waals surface area contributed by atoms with Gasteiger partial charge in [-0.1, -0.05) is 90.9 Å². The van der Waals surface area contributed by atoms with Gasteiger partial charge in [-0.25, -0.2) is 9.97 Å². The predicted octanol–water partition coefficient (Wildman–Crippen LogP) is 9.31. The third-order valence-electron chi connectivity index (χ3n) is 7.54. The molecule has 0 fully saturated rings. The summed E-state index contributed by atoms with van der Waals surface area (Å²) in [5.41, 5.74) is 2.45. The zero-order valence-corrected chi connectivity index (χ0v) is 21.7. The number of aromatic nitrogens is 4. The number of pyridine rings is 1. The summed E-state index contributed by atoms with van der Waals surface area (Å²) in [4.78, 5) is 14.6. The van der Waals surface area contributed by atoms with Crippen LogP contribution in [0.4, 0.5) is 0 Å². The van der Waals surface area contributed by atoms with Gasteiger partial charge in [0.05, 0.1) is 23.6 Å². The molecular weight excluding hydrogens is 508 g/mol. The highest BCUT2D eigenvalue weighted by atomic mass is 32.1. The Morgan fingerprint density at radius 3 is 2.25 bits per heavy atom. The fourth-order valence-electron chi connectivity index (χ4n) is 5.94. The van der Waals surface area contributed by atoms with Crippen molar-refractivity contribution in [2.75, 3.05) is 0 Å². The van der Waals surface area contributed by atoms with Crippen LogP contribution in [0.1, 0.15) is 6.85 Å². The van der Waals surface area contributed by atoms with Crippen LogP contribution in [0.5, 0.6) is 0 Å². The van der Waals surface area contributed by atoms with E-state index in [2.05, 4.69) is 59.6 Å². The minimum Gasteiger partial charge on any atom is -0.277 e. The lowest BCUT2D eigenvalue weighted by Crippen LogP contribution is -2.04. The molecule has 5 aromatic carbocycles. The molecule has 5 heteroatoms. The summed E-state index contributed by atoms with van der Waals surface area (Å²) >= 11 is 1.76. The van der Waals surface area contributed by atoms with Gasteiger partial charge in [0.2, 0.25) is 5.95 Å². The summed E-state index contributed by atoms with van der Waals surface area (Å²) in [7, 11) is 0. The van der Waals surface area contributed by atoms with E-state index in [0.29, 0.717) is 17.0 Å². The van der Waals surface area contributed by atoms with Crippen molar-refractivity contribution in [3.63, 3.8) is 0 Å². The van der Waals surface area contributed by atoms with Gasteiger partial charge in [0.15, 0.2) is 5.65 Å². The highest BCUT2D eigenvalue weighted by molar-refractivity contribution is 7.27. The lowest BCUT2D eigenvalue weighted by Gasteiger charge is -2.12. The monoisotopic (exact) mass is 533 g/mol. The van der Waals surface area contributed by atoms with Crippen molar-refractivity contribution in [2.24, 2.45) is 0 Å². The highest BCUT2D eigenvalue weighted by Gasteiger charge is 2.23. The summed E-state index contributed by atoms with van der Waals surface area (Å²) in [6.07, 6.45) is 1.63. The Morgan fingerprint density at radius 2 is 1.38 bits per heavy atom. The average Bonchev–Trinajstić information content (AvgIpc) is 3.63. The molecule has 9 aromatic rings. The van der Waals surface area contributed by atoms with Crippen LogP contribution in [0, 0.1) is 0 Å². The van der Waals surface area contributed by atoms with E-state index >= 15 is 0 Å². The molecule has 0 N–H and O–H groups in total. The van der Waals surface area contributed by atoms with Gasteiger partial charge in [0, 0.05) is 53.5 Å². The molecule has 0 amide bonds. The Balaban J connectivity index is 1.53. The van der Waals surface area contributed by atoms with Gasteiger partial charge < -0.3 is 0 Å². The maximum absolute atomic E-state index is 8.76. The summed E-state index contributed by atoms with van der Waals surface area (Å²) in [6, 6.07) is 26.6. The summed E-state index contributed by atoms with van der Waals surface area (Å²) in [5, 5.41) is 7.12. The fraction of sp³-hybridized carbons (Fsp3) is 0. The molecule has 4 heterocycles. The smallest absolute Gasteiger partial charge is 0.237 e. The van der Waals surface area contributed by atoms with E-state index < -0.39 is 18.1 Å². The van der Waals surface area contributed by atoms with Crippen LogP contribution >= 0.6 is 11.3 Å². The lowest BCUT2D eigenvalue weighted by atomic mass is 10.00. The molecule has 0 aliphatic rings.